The van der Waals surface area contributed by atoms with Crippen LogP contribution in [0.2, 0.25) is 0 Å². The minimum absolute atomic E-state index is 0.0127. The first-order chi connectivity index (χ1) is 12.2. The summed E-state index contributed by atoms with van der Waals surface area (Å²) in [4.78, 5) is 26.4. The Labute approximate surface area is 147 Å². The molecule has 2 aliphatic heterocycles. The third-order valence-corrected chi connectivity index (χ3v) is 5.09. The lowest BCUT2D eigenvalue weighted by molar-refractivity contribution is 0.0732. The molecule has 4 rings (SSSR count). The molecule has 0 aromatic carbocycles. The third kappa shape index (κ3) is 3.42. The first-order valence-electron chi connectivity index (χ1n) is 9.03. The number of hydrogen-bond donors (Lipinski definition) is 0. The first-order valence-corrected chi connectivity index (χ1v) is 9.03. The molecule has 0 saturated carbocycles. The van der Waals surface area contributed by atoms with E-state index in [0.717, 1.165) is 50.4 Å². The van der Waals surface area contributed by atoms with E-state index in [1.54, 1.807) is 17.1 Å². The van der Waals surface area contributed by atoms with Crippen LogP contribution in [0.1, 0.15) is 53.5 Å². The molecule has 2 aliphatic rings. The summed E-state index contributed by atoms with van der Waals surface area (Å²) in [6.45, 7) is 3.89. The van der Waals surface area contributed by atoms with E-state index in [1.165, 1.54) is 12.8 Å². The highest BCUT2D eigenvalue weighted by atomic mass is 16.2. The van der Waals surface area contributed by atoms with E-state index in [4.69, 9.17) is 4.98 Å². The van der Waals surface area contributed by atoms with Gasteiger partial charge in [0, 0.05) is 32.5 Å². The van der Waals surface area contributed by atoms with Crippen LogP contribution in [0.4, 0.5) is 0 Å². The van der Waals surface area contributed by atoms with E-state index in [9.17, 15) is 4.79 Å². The minimum Gasteiger partial charge on any atom is -0.330 e. The molecule has 1 atom stereocenters. The second-order valence-electron chi connectivity index (χ2n) is 6.98. The van der Waals surface area contributed by atoms with Crippen molar-refractivity contribution < 1.29 is 4.79 Å². The van der Waals surface area contributed by atoms with Gasteiger partial charge in [0.2, 0.25) is 0 Å². The van der Waals surface area contributed by atoms with Crippen LogP contribution in [-0.4, -0.2) is 55.1 Å². The van der Waals surface area contributed by atoms with Crippen molar-refractivity contribution >= 4 is 5.91 Å². The lowest BCUT2D eigenvalue weighted by atomic mass is 10.1. The van der Waals surface area contributed by atoms with Gasteiger partial charge in [-0.25, -0.2) is 0 Å². The van der Waals surface area contributed by atoms with Crippen molar-refractivity contribution in [1.29, 1.82) is 0 Å². The molecule has 4 heterocycles. The van der Waals surface area contributed by atoms with Crippen molar-refractivity contribution in [2.45, 2.75) is 38.3 Å². The zero-order chi connectivity index (χ0) is 17.2. The van der Waals surface area contributed by atoms with E-state index < -0.39 is 0 Å². The van der Waals surface area contributed by atoms with Crippen LogP contribution in [0.15, 0.2) is 24.8 Å². The summed E-state index contributed by atoms with van der Waals surface area (Å²) < 4.78 is 1.66. The molecule has 2 fully saturated rings. The van der Waals surface area contributed by atoms with Gasteiger partial charge in [-0.1, -0.05) is 0 Å². The Balaban J connectivity index is 1.52. The van der Waals surface area contributed by atoms with Crippen molar-refractivity contribution in [3.05, 3.63) is 41.7 Å². The Kier molecular flexibility index (Phi) is 4.48. The molecular formula is C18H24N6O. The van der Waals surface area contributed by atoms with Gasteiger partial charge in [0.25, 0.3) is 5.91 Å². The molecule has 0 aliphatic carbocycles. The first kappa shape index (κ1) is 16.2. The van der Waals surface area contributed by atoms with Crippen LogP contribution in [0.5, 0.6) is 0 Å². The standard InChI is InChI=1S/C18H24N6O/c1-22-12-14(9-20-22)18(25)24-8-4-5-17(24)16-11-19-10-15(21-16)13-23-6-2-3-7-23/h9-12,17H,2-8,13H2,1H3/t17-/m0/s1. The van der Waals surface area contributed by atoms with Crippen LogP contribution in [0.25, 0.3) is 0 Å². The molecule has 7 heteroatoms. The van der Waals surface area contributed by atoms with Gasteiger partial charge in [0.05, 0.1) is 35.4 Å². The Morgan fingerprint density at radius 1 is 1.16 bits per heavy atom. The highest BCUT2D eigenvalue weighted by molar-refractivity contribution is 5.94. The Morgan fingerprint density at radius 3 is 2.76 bits per heavy atom. The molecule has 2 aromatic heterocycles. The van der Waals surface area contributed by atoms with Crippen LogP contribution < -0.4 is 0 Å². The van der Waals surface area contributed by atoms with Crippen molar-refractivity contribution in [1.82, 2.24) is 29.5 Å². The topological polar surface area (TPSA) is 67.2 Å². The van der Waals surface area contributed by atoms with Crippen LogP contribution in [-0.2, 0) is 13.6 Å². The molecule has 0 bridgehead atoms. The quantitative estimate of drug-likeness (QED) is 0.849. The predicted octanol–water partition coefficient (Wildman–Crippen LogP) is 1.78. The second kappa shape index (κ2) is 6.92. The van der Waals surface area contributed by atoms with E-state index in [2.05, 4.69) is 15.0 Å². The summed E-state index contributed by atoms with van der Waals surface area (Å²) >= 11 is 0. The second-order valence-corrected chi connectivity index (χ2v) is 6.98. The number of rotatable bonds is 4. The summed E-state index contributed by atoms with van der Waals surface area (Å²) in [5.41, 5.74) is 2.54. The number of likely N-dealkylation sites (tertiary alicyclic amines) is 2. The van der Waals surface area contributed by atoms with E-state index >= 15 is 0 Å². The lowest BCUT2D eigenvalue weighted by Crippen LogP contribution is -2.31. The zero-order valence-corrected chi connectivity index (χ0v) is 14.6. The van der Waals surface area contributed by atoms with E-state index in [1.807, 2.05) is 24.3 Å². The molecule has 0 unspecified atom stereocenters. The largest absolute Gasteiger partial charge is 0.330 e. The van der Waals surface area contributed by atoms with Gasteiger partial charge in [0.15, 0.2) is 0 Å². The van der Waals surface area contributed by atoms with Gasteiger partial charge >= 0.3 is 0 Å². The van der Waals surface area contributed by atoms with Gasteiger partial charge in [0.1, 0.15) is 0 Å². The fourth-order valence-electron chi connectivity index (χ4n) is 3.84. The fourth-order valence-corrected chi connectivity index (χ4v) is 3.84. The molecule has 1 amide bonds. The highest BCUT2D eigenvalue weighted by Gasteiger charge is 2.32. The van der Waals surface area contributed by atoms with Crippen LogP contribution in [0.3, 0.4) is 0 Å². The molecule has 0 radical (unpaired) electrons. The van der Waals surface area contributed by atoms with Gasteiger partial charge in [-0.2, -0.15) is 5.10 Å². The Bertz CT molecular complexity index is 752. The molecule has 0 spiro atoms. The number of aryl methyl sites for hydroxylation is 1. The summed E-state index contributed by atoms with van der Waals surface area (Å²) in [6, 6.07) is 0.0127. The number of carbonyl (C=O) groups excluding carboxylic acids is 1. The van der Waals surface area contributed by atoms with Crippen LogP contribution >= 0.6 is 0 Å². The van der Waals surface area contributed by atoms with E-state index in [0.29, 0.717) is 5.56 Å². The summed E-state index contributed by atoms with van der Waals surface area (Å²) in [7, 11) is 1.82. The molecular weight excluding hydrogens is 316 g/mol. The smallest absolute Gasteiger partial charge is 0.257 e. The monoisotopic (exact) mass is 340 g/mol. The van der Waals surface area contributed by atoms with Crippen molar-refractivity contribution in [3.63, 3.8) is 0 Å². The summed E-state index contributed by atoms with van der Waals surface area (Å²) in [5.74, 6) is 0.0299. The maximum absolute atomic E-state index is 12.8. The minimum atomic E-state index is 0.0127. The maximum Gasteiger partial charge on any atom is 0.257 e. The number of hydrogen-bond acceptors (Lipinski definition) is 5. The fraction of sp³-hybridized carbons (Fsp3) is 0.556. The average Bonchev–Trinajstić information content (AvgIpc) is 3.36. The summed E-state index contributed by atoms with van der Waals surface area (Å²) in [6.07, 6.45) is 11.5. The third-order valence-electron chi connectivity index (χ3n) is 5.09. The number of amides is 1. The average molecular weight is 340 g/mol. The van der Waals surface area contributed by atoms with Gasteiger partial charge < -0.3 is 4.90 Å². The molecule has 132 valence electrons. The normalized spacial score (nSPS) is 21.2. The van der Waals surface area contributed by atoms with E-state index in [-0.39, 0.29) is 11.9 Å². The molecule has 2 aromatic rings. The number of carbonyl (C=O) groups is 1. The highest BCUT2D eigenvalue weighted by Crippen LogP contribution is 2.32. The Morgan fingerprint density at radius 2 is 2.00 bits per heavy atom. The molecule has 2 saturated heterocycles. The maximum atomic E-state index is 12.8. The van der Waals surface area contributed by atoms with Gasteiger partial charge in [-0.05, 0) is 38.8 Å². The van der Waals surface area contributed by atoms with Gasteiger partial charge in [-0.3, -0.25) is 24.3 Å². The predicted molar refractivity (Wildman–Crippen MR) is 92.8 cm³/mol. The molecule has 7 nitrogen and oxygen atoms in total. The molecule has 0 N–H and O–H groups in total. The zero-order valence-electron chi connectivity index (χ0n) is 14.6. The summed E-state index contributed by atoms with van der Waals surface area (Å²) in [5, 5.41) is 4.11. The van der Waals surface area contributed by atoms with Crippen molar-refractivity contribution in [3.8, 4) is 0 Å². The number of nitrogens with zero attached hydrogens (tertiary/aromatic N) is 6. The molecule has 25 heavy (non-hydrogen) atoms. The SMILES string of the molecule is Cn1cc(C(=O)N2CCC[C@H]2c2cncc(CN3CCCC3)n2)cn1. The lowest BCUT2D eigenvalue weighted by Gasteiger charge is -2.24. The van der Waals surface area contributed by atoms with Crippen molar-refractivity contribution in [2.75, 3.05) is 19.6 Å². The number of aromatic nitrogens is 4. The van der Waals surface area contributed by atoms with Gasteiger partial charge in [-0.15, -0.1) is 0 Å². The van der Waals surface area contributed by atoms with Crippen molar-refractivity contribution in [2.24, 2.45) is 7.05 Å². The van der Waals surface area contributed by atoms with Crippen LogP contribution in [0, 0.1) is 0 Å². The Hall–Kier alpha value is -2.28.